The molecular weight excluding hydrogens is 359 g/mol. The molecule has 14 heavy (non-hydrogen) atoms. The summed E-state index contributed by atoms with van der Waals surface area (Å²) in [5.41, 5.74) is 0.979. The second-order valence-corrected chi connectivity index (χ2v) is 4.35. The minimum absolute atomic E-state index is 0.574. The molecule has 0 amide bonds. The van der Waals surface area contributed by atoms with Crippen LogP contribution >= 0.6 is 38.5 Å². The van der Waals surface area contributed by atoms with E-state index in [2.05, 4.69) is 48.7 Å². The standard InChI is InChI=1S/C9H6BrIN2O/c10-5-8-12-9(14-13-8)6-3-1-2-4-7(6)11/h1-4H,5H2. The molecule has 72 valence electrons. The third-order valence-electron chi connectivity index (χ3n) is 1.69. The predicted octanol–water partition coefficient (Wildman–Crippen LogP) is 3.24. The maximum Gasteiger partial charge on any atom is 0.259 e. The van der Waals surface area contributed by atoms with Gasteiger partial charge in [-0.1, -0.05) is 33.2 Å². The average molecular weight is 365 g/mol. The lowest BCUT2D eigenvalue weighted by Gasteiger charge is -1.95. The number of alkyl halides is 1. The van der Waals surface area contributed by atoms with Gasteiger partial charge in [0.25, 0.3) is 5.89 Å². The molecule has 0 saturated heterocycles. The van der Waals surface area contributed by atoms with Gasteiger partial charge in [-0.25, -0.2) is 0 Å². The van der Waals surface area contributed by atoms with E-state index in [1.165, 1.54) is 0 Å². The van der Waals surface area contributed by atoms with Crippen molar-refractivity contribution in [1.29, 1.82) is 0 Å². The lowest BCUT2D eigenvalue weighted by molar-refractivity contribution is 0.425. The molecule has 0 atom stereocenters. The molecule has 5 heteroatoms. The van der Waals surface area contributed by atoms with Crippen LogP contribution in [0, 0.1) is 3.57 Å². The number of hydrogen-bond acceptors (Lipinski definition) is 3. The molecule has 1 heterocycles. The minimum Gasteiger partial charge on any atom is -0.334 e. The Morgan fingerprint density at radius 3 is 2.79 bits per heavy atom. The highest BCUT2D eigenvalue weighted by molar-refractivity contribution is 14.1. The predicted molar refractivity (Wildman–Crippen MR) is 65.1 cm³/mol. The van der Waals surface area contributed by atoms with E-state index in [1.54, 1.807) is 0 Å². The van der Waals surface area contributed by atoms with Crippen LogP contribution in [-0.2, 0) is 5.33 Å². The Kier molecular flexibility index (Phi) is 3.17. The Labute approximate surface area is 103 Å². The van der Waals surface area contributed by atoms with E-state index in [-0.39, 0.29) is 0 Å². The van der Waals surface area contributed by atoms with Crippen LogP contribution in [0.1, 0.15) is 5.82 Å². The monoisotopic (exact) mass is 364 g/mol. The van der Waals surface area contributed by atoms with Gasteiger partial charge >= 0.3 is 0 Å². The first-order chi connectivity index (χ1) is 6.81. The summed E-state index contributed by atoms with van der Waals surface area (Å²) in [7, 11) is 0. The van der Waals surface area contributed by atoms with E-state index in [9.17, 15) is 0 Å². The number of nitrogens with zero attached hydrogens (tertiary/aromatic N) is 2. The average Bonchev–Trinajstić information content (AvgIpc) is 2.67. The first-order valence-corrected chi connectivity index (χ1v) is 6.14. The van der Waals surface area contributed by atoms with Gasteiger partial charge < -0.3 is 4.52 Å². The van der Waals surface area contributed by atoms with Crippen molar-refractivity contribution >= 4 is 38.5 Å². The fourth-order valence-corrected chi connectivity index (χ4v) is 1.90. The molecule has 1 aromatic heterocycles. The second-order valence-electron chi connectivity index (χ2n) is 2.63. The normalized spacial score (nSPS) is 10.4. The van der Waals surface area contributed by atoms with Crippen LogP contribution in [0.5, 0.6) is 0 Å². The maximum atomic E-state index is 5.13. The molecule has 3 nitrogen and oxygen atoms in total. The number of rotatable bonds is 2. The maximum absolute atomic E-state index is 5.13. The highest BCUT2D eigenvalue weighted by Gasteiger charge is 2.09. The number of aromatic nitrogens is 2. The van der Waals surface area contributed by atoms with Crippen molar-refractivity contribution in [1.82, 2.24) is 10.1 Å². The molecule has 0 N–H and O–H groups in total. The summed E-state index contributed by atoms with van der Waals surface area (Å²) in [5, 5.41) is 4.43. The van der Waals surface area contributed by atoms with Crippen LogP contribution in [0.4, 0.5) is 0 Å². The summed E-state index contributed by atoms with van der Waals surface area (Å²) in [5.74, 6) is 1.24. The molecule has 0 bridgehead atoms. The molecule has 0 aliphatic rings. The first kappa shape index (κ1) is 10.1. The number of hydrogen-bond donors (Lipinski definition) is 0. The fraction of sp³-hybridized carbons (Fsp3) is 0.111. The molecule has 0 fully saturated rings. The van der Waals surface area contributed by atoms with E-state index in [0.717, 1.165) is 9.13 Å². The van der Waals surface area contributed by atoms with E-state index >= 15 is 0 Å². The molecule has 1 aromatic carbocycles. The molecule has 0 aliphatic carbocycles. The molecule has 2 rings (SSSR count). The summed E-state index contributed by atoms with van der Waals surface area (Å²) in [6.07, 6.45) is 0. The lowest BCUT2D eigenvalue weighted by Crippen LogP contribution is -1.83. The van der Waals surface area contributed by atoms with Crippen LogP contribution in [0.2, 0.25) is 0 Å². The minimum atomic E-state index is 0.574. The molecule has 0 unspecified atom stereocenters. The largest absolute Gasteiger partial charge is 0.334 e. The summed E-state index contributed by atoms with van der Waals surface area (Å²) in [6.45, 7) is 0. The van der Waals surface area contributed by atoms with Gasteiger partial charge in [-0.15, -0.1) is 0 Å². The van der Waals surface area contributed by atoms with E-state index in [1.807, 2.05) is 24.3 Å². The van der Waals surface area contributed by atoms with Gasteiger partial charge in [0.2, 0.25) is 0 Å². The zero-order valence-corrected chi connectivity index (χ0v) is 10.8. The van der Waals surface area contributed by atoms with Gasteiger partial charge in [-0.2, -0.15) is 4.98 Å². The number of halogens is 2. The highest BCUT2D eigenvalue weighted by atomic mass is 127. The van der Waals surface area contributed by atoms with Crippen LogP contribution in [0.15, 0.2) is 28.8 Å². The lowest BCUT2D eigenvalue weighted by atomic mass is 10.2. The van der Waals surface area contributed by atoms with Gasteiger partial charge in [0.15, 0.2) is 5.82 Å². The second kappa shape index (κ2) is 4.39. The van der Waals surface area contributed by atoms with Crippen molar-refractivity contribution in [3.8, 4) is 11.5 Å². The van der Waals surface area contributed by atoms with Gasteiger partial charge in [-0.3, -0.25) is 0 Å². The van der Waals surface area contributed by atoms with Crippen LogP contribution in [0.3, 0.4) is 0 Å². The van der Waals surface area contributed by atoms with Crippen molar-refractivity contribution in [3.05, 3.63) is 33.7 Å². The Morgan fingerprint density at radius 2 is 2.14 bits per heavy atom. The van der Waals surface area contributed by atoms with E-state index in [4.69, 9.17) is 4.52 Å². The summed E-state index contributed by atoms with van der Waals surface area (Å²) < 4.78 is 6.23. The van der Waals surface area contributed by atoms with Crippen molar-refractivity contribution in [2.75, 3.05) is 0 Å². The SMILES string of the molecule is BrCc1noc(-c2ccccc2I)n1. The fourth-order valence-electron chi connectivity index (χ4n) is 1.05. The molecule has 2 aromatic rings. The van der Waals surface area contributed by atoms with Gasteiger partial charge in [-0.05, 0) is 34.7 Å². The van der Waals surface area contributed by atoms with Gasteiger partial charge in [0, 0.05) is 3.57 Å². The topological polar surface area (TPSA) is 38.9 Å². The van der Waals surface area contributed by atoms with Gasteiger partial charge in [0.1, 0.15) is 0 Å². The molecule has 0 aliphatic heterocycles. The smallest absolute Gasteiger partial charge is 0.259 e. The summed E-state index contributed by atoms with van der Waals surface area (Å²) in [6, 6.07) is 7.91. The van der Waals surface area contributed by atoms with Gasteiger partial charge in [0.05, 0.1) is 10.9 Å². The Balaban J connectivity index is 2.44. The third-order valence-corrected chi connectivity index (χ3v) is 3.13. The zero-order valence-electron chi connectivity index (χ0n) is 7.08. The van der Waals surface area contributed by atoms with Crippen LogP contribution < -0.4 is 0 Å². The van der Waals surface area contributed by atoms with Crippen LogP contribution in [-0.4, -0.2) is 10.1 Å². The quantitative estimate of drug-likeness (QED) is 0.606. The summed E-state index contributed by atoms with van der Waals surface area (Å²) >= 11 is 5.52. The van der Waals surface area contributed by atoms with Crippen molar-refractivity contribution in [3.63, 3.8) is 0 Å². The molecule has 0 saturated carbocycles. The van der Waals surface area contributed by atoms with Crippen molar-refractivity contribution < 1.29 is 4.52 Å². The van der Waals surface area contributed by atoms with E-state index < -0.39 is 0 Å². The Hall–Kier alpha value is -0.430. The van der Waals surface area contributed by atoms with Crippen molar-refractivity contribution in [2.24, 2.45) is 0 Å². The molecule has 0 spiro atoms. The first-order valence-electron chi connectivity index (χ1n) is 3.94. The van der Waals surface area contributed by atoms with E-state index in [0.29, 0.717) is 17.0 Å². The molecule has 0 radical (unpaired) electrons. The highest BCUT2D eigenvalue weighted by Crippen LogP contribution is 2.23. The zero-order chi connectivity index (χ0) is 9.97. The third kappa shape index (κ3) is 1.98. The Morgan fingerprint density at radius 1 is 1.36 bits per heavy atom. The summed E-state index contributed by atoms with van der Waals surface area (Å²) in [4.78, 5) is 4.23. The molecular formula is C9H6BrIN2O. The van der Waals surface area contributed by atoms with Crippen LogP contribution in [0.25, 0.3) is 11.5 Å². The number of benzene rings is 1. The Bertz CT molecular complexity index is 444. The van der Waals surface area contributed by atoms with Crippen molar-refractivity contribution in [2.45, 2.75) is 5.33 Å².